The van der Waals surface area contributed by atoms with Gasteiger partial charge in [-0.3, -0.25) is 4.79 Å². The number of phenolic OH excluding ortho intramolecular Hbond substituents is 1. The Labute approximate surface area is 172 Å². The van der Waals surface area contributed by atoms with Gasteiger partial charge in [-0.25, -0.2) is 9.18 Å². The van der Waals surface area contributed by atoms with Crippen molar-refractivity contribution in [3.63, 3.8) is 0 Å². The van der Waals surface area contributed by atoms with Crippen LogP contribution in [0, 0.1) is 26.6 Å². The predicted molar refractivity (Wildman–Crippen MR) is 110 cm³/mol. The number of anilines is 1. The molecule has 0 atom stereocenters. The second-order valence-corrected chi connectivity index (χ2v) is 6.89. The molecule has 30 heavy (non-hydrogen) atoms. The maximum absolute atomic E-state index is 13.3. The molecule has 3 rings (SSSR count). The van der Waals surface area contributed by atoms with Gasteiger partial charge in [0.2, 0.25) is 0 Å². The third-order valence-electron chi connectivity index (χ3n) is 4.65. The third-order valence-corrected chi connectivity index (χ3v) is 4.65. The molecule has 0 aromatic heterocycles. The van der Waals surface area contributed by atoms with Crippen molar-refractivity contribution in [2.45, 2.75) is 20.8 Å². The van der Waals surface area contributed by atoms with Gasteiger partial charge in [-0.1, -0.05) is 12.1 Å². The highest BCUT2D eigenvalue weighted by atomic mass is 19.1. The number of carbonyl (C=O) groups excluding carboxylic acids is 1. The van der Waals surface area contributed by atoms with Gasteiger partial charge in [0.15, 0.2) is 0 Å². The SMILES string of the molecule is Cc1cc(NC(=O)C(=O)O)cc(C)c1Oc1ccc(O)c(-c2ccc(F)cc2)c1C. The molecule has 1 amide bonds. The first-order chi connectivity index (χ1) is 14.2. The number of aliphatic carboxylic acids is 1. The van der Waals surface area contributed by atoms with Crippen molar-refractivity contribution in [2.24, 2.45) is 0 Å². The Morgan fingerprint density at radius 3 is 2.13 bits per heavy atom. The molecule has 0 saturated carbocycles. The van der Waals surface area contributed by atoms with E-state index in [2.05, 4.69) is 5.32 Å². The topological polar surface area (TPSA) is 95.9 Å². The summed E-state index contributed by atoms with van der Waals surface area (Å²) in [5.74, 6) is -1.97. The minimum atomic E-state index is -1.57. The van der Waals surface area contributed by atoms with Crippen LogP contribution in [0.5, 0.6) is 17.2 Å². The Morgan fingerprint density at radius 2 is 1.57 bits per heavy atom. The number of aryl methyl sites for hydroxylation is 2. The number of benzene rings is 3. The summed E-state index contributed by atoms with van der Waals surface area (Å²) in [4.78, 5) is 22.1. The molecule has 0 bridgehead atoms. The van der Waals surface area contributed by atoms with E-state index in [1.54, 1.807) is 51.1 Å². The molecule has 0 saturated heterocycles. The molecule has 3 aromatic carbocycles. The molecule has 6 nitrogen and oxygen atoms in total. The van der Waals surface area contributed by atoms with Crippen molar-refractivity contribution in [1.82, 2.24) is 0 Å². The fraction of sp³-hybridized carbons (Fsp3) is 0.130. The Hall–Kier alpha value is -3.87. The summed E-state index contributed by atoms with van der Waals surface area (Å²) in [6.45, 7) is 5.34. The molecule has 0 aliphatic heterocycles. The van der Waals surface area contributed by atoms with Crippen molar-refractivity contribution in [1.29, 1.82) is 0 Å². The maximum atomic E-state index is 13.3. The lowest BCUT2D eigenvalue weighted by Crippen LogP contribution is -2.21. The fourth-order valence-electron chi connectivity index (χ4n) is 3.25. The van der Waals surface area contributed by atoms with E-state index in [0.717, 1.165) is 0 Å². The van der Waals surface area contributed by atoms with E-state index < -0.39 is 11.9 Å². The average Bonchev–Trinajstić information content (AvgIpc) is 2.67. The van der Waals surface area contributed by atoms with Gasteiger partial charge < -0.3 is 20.3 Å². The monoisotopic (exact) mass is 409 g/mol. The smallest absolute Gasteiger partial charge is 0.394 e. The molecule has 0 radical (unpaired) electrons. The van der Waals surface area contributed by atoms with Crippen LogP contribution in [0.4, 0.5) is 10.1 Å². The van der Waals surface area contributed by atoms with Crippen molar-refractivity contribution < 1.29 is 28.9 Å². The normalized spacial score (nSPS) is 10.5. The largest absolute Gasteiger partial charge is 0.507 e. The molecule has 3 N–H and O–H groups in total. The number of nitrogens with one attached hydrogen (secondary N) is 1. The number of amides is 1. The molecule has 3 aromatic rings. The summed E-state index contributed by atoms with van der Waals surface area (Å²) in [6, 6.07) is 12.2. The molecule has 0 aliphatic carbocycles. The van der Waals surface area contributed by atoms with Gasteiger partial charge in [0.05, 0.1) is 0 Å². The molecule has 0 heterocycles. The maximum Gasteiger partial charge on any atom is 0.394 e. The molecule has 154 valence electrons. The Morgan fingerprint density at radius 1 is 0.967 bits per heavy atom. The van der Waals surface area contributed by atoms with E-state index in [4.69, 9.17) is 9.84 Å². The van der Waals surface area contributed by atoms with Gasteiger partial charge in [-0.05, 0) is 73.9 Å². The van der Waals surface area contributed by atoms with Gasteiger partial charge >= 0.3 is 11.9 Å². The summed E-state index contributed by atoms with van der Waals surface area (Å²) in [5, 5.41) is 21.4. The summed E-state index contributed by atoms with van der Waals surface area (Å²) in [5.41, 5.74) is 3.58. The molecule has 0 unspecified atom stereocenters. The Kier molecular flexibility index (Phi) is 5.73. The standard InChI is InChI=1S/C23H20FNO5/c1-12-10-17(25-22(27)23(28)29)11-13(2)21(12)30-19-9-8-18(26)20(14(19)3)15-4-6-16(24)7-5-15/h4-11,26H,1-3H3,(H,25,27)(H,28,29). The number of halogens is 1. The number of carbonyl (C=O) groups is 2. The van der Waals surface area contributed by atoms with Crippen LogP contribution in [0.1, 0.15) is 16.7 Å². The van der Waals surface area contributed by atoms with Crippen molar-refractivity contribution in [3.05, 3.63) is 71.0 Å². The lowest BCUT2D eigenvalue weighted by molar-refractivity contribution is -0.147. The highest BCUT2D eigenvalue weighted by Gasteiger charge is 2.17. The zero-order chi connectivity index (χ0) is 22.0. The summed E-state index contributed by atoms with van der Waals surface area (Å²) < 4.78 is 19.4. The Bertz CT molecular complexity index is 1120. The first kappa shape index (κ1) is 20.9. The van der Waals surface area contributed by atoms with Crippen LogP contribution < -0.4 is 10.1 Å². The first-order valence-corrected chi connectivity index (χ1v) is 9.09. The van der Waals surface area contributed by atoms with Crippen LogP contribution in [0.25, 0.3) is 11.1 Å². The van der Waals surface area contributed by atoms with Crippen molar-refractivity contribution in [3.8, 4) is 28.4 Å². The molecule has 7 heteroatoms. The number of rotatable bonds is 4. The highest BCUT2D eigenvalue weighted by Crippen LogP contribution is 2.40. The average molecular weight is 409 g/mol. The lowest BCUT2D eigenvalue weighted by atomic mass is 9.98. The fourth-order valence-corrected chi connectivity index (χ4v) is 3.25. The minimum absolute atomic E-state index is 0.0478. The molecular formula is C23H20FNO5. The number of carboxylic acid groups (broad SMARTS) is 1. The Balaban J connectivity index is 1.97. The van der Waals surface area contributed by atoms with E-state index in [1.807, 2.05) is 0 Å². The van der Waals surface area contributed by atoms with Gasteiger partial charge in [0, 0.05) is 16.8 Å². The zero-order valence-electron chi connectivity index (χ0n) is 16.6. The minimum Gasteiger partial charge on any atom is -0.507 e. The van der Waals surface area contributed by atoms with Crippen molar-refractivity contribution >= 4 is 17.6 Å². The predicted octanol–water partition coefficient (Wildman–Crippen LogP) is 4.94. The molecule has 0 aliphatic rings. The lowest BCUT2D eigenvalue weighted by Gasteiger charge is -2.18. The molecular weight excluding hydrogens is 389 g/mol. The first-order valence-electron chi connectivity index (χ1n) is 9.09. The van der Waals surface area contributed by atoms with E-state index in [0.29, 0.717) is 45.0 Å². The van der Waals surface area contributed by atoms with E-state index in [1.165, 1.54) is 18.2 Å². The second kappa shape index (κ2) is 8.24. The van der Waals surface area contributed by atoms with E-state index >= 15 is 0 Å². The number of hydrogen-bond donors (Lipinski definition) is 3. The van der Waals surface area contributed by atoms with E-state index in [-0.39, 0.29) is 11.6 Å². The van der Waals surface area contributed by atoms with Gasteiger partial charge in [0.25, 0.3) is 0 Å². The number of ether oxygens (including phenoxy) is 1. The van der Waals surface area contributed by atoms with Gasteiger partial charge in [-0.15, -0.1) is 0 Å². The van der Waals surface area contributed by atoms with Gasteiger partial charge in [-0.2, -0.15) is 0 Å². The van der Waals surface area contributed by atoms with Crippen LogP contribution in [0.2, 0.25) is 0 Å². The van der Waals surface area contributed by atoms with Crippen LogP contribution in [-0.2, 0) is 9.59 Å². The summed E-state index contributed by atoms with van der Waals surface area (Å²) >= 11 is 0. The number of phenols is 1. The second-order valence-electron chi connectivity index (χ2n) is 6.89. The zero-order valence-corrected chi connectivity index (χ0v) is 16.6. The van der Waals surface area contributed by atoms with Crippen LogP contribution in [0.15, 0.2) is 48.5 Å². The van der Waals surface area contributed by atoms with Gasteiger partial charge in [0.1, 0.15) is 23.1 Å². The number of carboxylic acids is 1. The van der Waals surface area contributed by atoms with E-state index in [9.17, 15) is 19.1 Å². The summed E-state index contributed by atoms with van der Waals surface area (Å²) in [7, 11) is 0. The highest BCUT2D eigenvalue weighted by molar-refractivity contribution is 6.36. The number of hydrogen-bond acceptors (Lipinski definition) is 4. The van der Waals surface area contributed by atoms with Crippen LogP contribution in [0.3, 0.4) is 0 Å². The third kappa shape index (κ3) is 4.25. The molecule has 0 spiro atoms. The van der Waals surface area contributed by atoms with Crippen LogP contribution in [-0.4, -0.2) is 22.1 Å². The quantitative estimate of drug-likeness (QED) is 0.531. The molecule has 0 fully saturated rings. The number of aromatic hydroxyl groups is 1. The summed E-state index contributed by atoms with van der Waals surface area (Å²) in [6.07, 6.45) is 0. The van der Waals surface area contributed by atoms with Crippen molar-refractivity contribution in [2.75, 3.05) is 5.32 Å². The van der Waals surface area contributed by atoms with Crippen LogP contribution >= 0.6 is 0 Å².